The summed E-state index contributed by atoms with van der Waals surface area (Å²) in [4.78, 5) is 8.96. The highest BCUT2D eigenvalue weighted by Gasteiger charge is 2.24. The van der Waals surface area contributed by atoms with Gasteiger partial charge in [0.2, 0.25) is 0 Å². The minimum Gasteiger partial charge on any atom is -0.376 e. The third-order valence-corrected chi connectivity index (χ3v) is 7.11. The van der Waals surface area contributed by atoms with Gasteiger partial charge in [-0.05, 0) is 99.4 Å². The van der Waals surface area contributed by atoms with Crippen molar-refractivity contribution in [3.8, 4) is 0 Å². The number of hydrogen-bond acceptors (Lipinski definition) is 7. The highest BCUT2D eigenvalue weighted by Crippen LogP contribution is 2.51. The second kappa shape index (κ2) is 18.8. The fourth-order valence-corrected chi connectivity index (χ4v) is 4.88. The van der Waals surface area contributed by atoms with Gasteiger partial charge in [-0.3, -0.25) is 22.5 Å². The van der Waals surface area contributed by atoms with Crippen LogP contribution in [-0.4, -0.2) is 76.0 Å². The van der Waals surface area contributed by atoms with Gasteiger partial charge in [0.15, 0.2) is 0 Å². The molecule has 0 saturated carbocycles. The van der Waals surface area contributed by atoms with Gasteiger partial charge in [-0.15, -0.1) is 0 Å². The van der Waals surface area contributed by atoms with Crippen molar-refractivity contribution in [2.45, 2.75) is 98.2 Å². The molecule has 0 aliphatic rings. The predicted molar refractivity (Wildman–Crippen MR) is 143 cm³/mol. The molecule has 0 saturated heterocycles. The zero-order chi connectivity index (χ0) is 25.1. The van der Waals surface area contributed by atoms with Crippen LogP contribution in [0.5, 0.6) is 0 Å². The maximum atomic E-state index is 5.99. The van der Waals surface area contributed by atoms with E-state index in [-0.39, 0.29) is 11.2 Å². The molecule has 0 heterocycles. The average molecular weight is 493 g/mol. The molecule has 0 unspecified atom stereocenters. The lowest BCUT2D eigenvalue weighted by Crippen LogP contribution is -2.27. The van der Waals surface area contributed by atoms with E-state index in [1.165, 1.54) is 0 Å². The summed E-state index contributed by atoms with van der Waals surface area (Å²) in [5, 5.41) is 0. The van der Waals surface area contributed by atoms with E-state index in [0.29, 0.717) is 26.4 Å². The fraction of sp³-hybridized carbons (Fsp3) is 0.920. The van der Waals surface area contributed by atoms with Gasteiger partial charge in [0.1, 0.15) is 0 Å². The predicted octanol–water partition coefficient (Wildman–Crippen LogP) is 6.35. The molecule has 7 nitrogen and oxygen atoms in total. The number of aliphatic imine (C=N–C) groups is 2. The van der Waals surface area contributed by atoms with Crippen molar-refractivity contribution in [2.24, 2.45) is 9.98 Å². The van der Waals surface area contributed by atoms with Gasteiger partial charge in [0.25, 0.3) is 0 Å². The Hall–Kier alpha value is -0.510. The summed E-state index contributed by atoms with van der Waals surface area (Å²) in [6, 6.07) is 0. The van der Waals surface area contributed by atoms with Crippen LogP contribution in [-0.2, 0) is 22.0 Å². The molecule has 33 heavy (non-hydrogen) atoms. The number of hydrogen-bond donors (Lipinski definition) is 0. The first-order valence-electron chi connectivity index (χ1n) is 12.5. The third-order valence-electron chi connectivity index (χ3n) is 4.63. The van der Waals surface area contributed by atoms with E-state index in [0.717, 1.165) is 57.4 Å². The summed E-state index contributed by atoms with van der Waals surface area (Å²) in [6.45, 7) is 18.5. The van der Waals surface area contributed by atoms with Gasteiger partial charge in [0.05, 0.1) is 55.5 Å². The minimum absolute atomic E-state index is 0.0725. The number of ether oxygens (including phenoxy) is 2. The Labute approximate surface area is 206 Å². The number of unbranched alkanes of at least 4 members (excludes halogenated alkanes) is 2. The topological polar surface area (TPSA) is 70.9 Å². The largest absolute Gasteiger partial charge is 0.376 e. The van der Waals surface area contributed by atoms with Gasteiger partial charge in [0, 0.05) is 18.9 Å². The Morgan fingerprint density at radius 2 is 1.36 bits per heavy atom. The van der Waals surface area contributed by atoms with Crippen LogP contribution in [0.2, 0.25) is 0 Å². The molecule has 0 aliphatic heterocycles. The van der Waals surface area contributed by atoms with Crippen molar-refractivity contribution in [1.29, 1.82) is 0 Å². The summed E-state index contributed by atoms with van der Waals surface area (Å²) in [5.41, 5.74) is -0.208. The monoisotopic (exact) mass is 492 g/mol. The fourth-order valence-electron chi connectivity index (χ4n) is 3.01. The Morgan fingerprint density at radius 1 is 0.758 bits per heavy atom. The van der Waals surface area contributed by atoms with E-state index in [9.17, 15) is 0 Å². The summed E-state index contributed by atoms with van der Waals surface area (Å²) in [6.07, 6.45) is 9.87. The van der Waals surface area contributed by atoms with Crippen LogP contribution in [0.15, 0.2) is 9.98 Å². The second-order valence-electron chi connectivity index (χ2n) is 9.38. The maximum absolute atomic E-state index is 5.99. The van der Waals surface area contributed by atoms with Crippen LogP contribution >= 0.6 is 10.9 Å². The molecule has 8 heteroatoms. The SMILES string of the molecule is CCOS(CCCN=CCCCC=NCCOC(C)(C)CCCOC(C)(C)C)(OC)OCC. The molecule has 198 valence electrons. The van der Waals surface area contributed by atoms with Crippen molar-refractivity contribution in [1.82, 2.24) is 0 Å². The van der Waals surface area contributed by atoms with Crippen LogP contribution in [0.3, 0.4) is 0 Å². The highest BCUT2D eigenvalue weighted by atomic mass is 32.3. The van der Waals surface area contributed by atoms with Gasteiger partial charge >= 0.3 is 0 Å². The molecule has 0 aliphatic carbocycles. The Balaban J connectivity index is 3.78. The standard InChI is InChI=1S/C25H52N2O5S/c1-9-31-33(28-8,32-10-2)23-15-19-26-17-12-11-13-18-27-20-22-30-25(6,7)16-14-21-29-24(3,4)5/h17-18H,9-16,19-23H2,1-8H3. The molecule has 0 aromatic heterocycles. The summed E-state index contributed by atoms with van der Waals surface area (Å²) in [5.74, 6) is 0.749. The number of nitrogens with zero attached hydrogens (tertiary/aromatic N) is 2. The van der Waals surface area contributed by atoms with E-state index < -0.39 is 10.9 Å². The van der Waals surface area contributed by atoms with E-state index in [1.807, 2.05) is 26.3 Å². The lowest BCUT2D eigenvalue weighted by molar-refractivity contribution is -0.0405. The molecule has 0 amide bonds. The molecule has 0 aromatic carbocycles. The first kappa shape index (κ1) is 32.5. The molecule has 0 N–H and O–H groups in total. The smallest absolute Gasteiger partial charge is 0.0885 e. The minimum atomic E-state index is -1.88. The Kier molecular flexibility index (Phi) is 18.5. The molecule has 0 fully saturated rings. The molecule has 0 rings (SSSR count). The van der Waals surface area contributed by atoms with E-state index in [4.69, 9.17) is 22.0 Å². The number of rotatable bonds is 21. The normalized spacial score (nSPS) is 14.1. The maximum Gasteiger partial charge on any atom is 0.0885 e. The summed E-state index contributed by atoms with van der Waals surface area (Å²) < 4.78 is 28.8. The van der Waals surface area contributed by atoms with Crippen molar-refractivity contribution in [2.75, 3.05) is 52.4 Å². The molecule has 0 aromatic rings. The molecular formula is C25H52N2O5S. The first-order valence-corrected chi connectivity index (χ1v) is 14.1. The van der Waals surface area contributed by atoms with E-state index >= 15 is 0 Å². The molecular weight excluding hydrogens is 440 g/mol. The van der Waals surface area contributed by atoms with Crippen LogP contribution in [0.25, 0.3) is 0 Å². The second-order valence-corrected chi connectivity index (χ2v) is 11.7. The third kappa shape index (κ3) is 19.5. The van der Waals surface area contributed by atoms with Crippen molar-refractivity contribution in [3.63, 3.8) is 0 Å². The quantitative estimate of drug-likeness (QED) is 0.138. The van der Waals surface area contributed by atoms with Crippen LogP contribution in [0.1, 0.15) is 87.0 Å². The van der Waals surface area contributed by atoms with Crippen molar-refractivity contribution >= 4 is 23.3 Å². The highest BCUT2D eigenvalue weighted by molar-refractivity contribution is 8.21. The van der Waals surface area contributed by atoms with Gasteiger partial charge < -0.3 is 9.47 Å². The zero-order valence-electron chi connectivity index (χ0n) is 22.7. The first-order chi connectivity index (χ1) is 15.6. The van der Waals surface area contributed by atoms with E-state index in [1.54, 1.807) is 7.11 Å². The lowest BCUT2D eigenvalue weighted by atomic mass is 10.0. The van der Waals surface area contributed by atoms with Crippen LogP contribution < -0.4 is 0 Å². The van der Waals surface area contributed by atoms with Gasteiger partial charge in [-0.1, -0.05) is 0 Å². The van der Waals surface area contributed by atoms with Crippen LogP contribution in [0, 0.1) is 0 Å². The molecule has 0 bridgehead atoms. The zero-order valence-corrected chi connectivity index (χ0v) is 23.5. The van der Waals surface area contributed by atoms with E-state index in [2.05, 4.69) is 44.6 Å². The molecule has 0 atom stereocenters. The summed E-state index contributed by atoms with van der Waals surface area (Å²) in [7, 11) is -0.219. The molecule has 0 spiro atoms. The van der Waals surface area contributed by atoms with Crippen molar-refractivity contribution < 1.29 is 22.0 Å². The van der Waals surface area contributed by atoms with Crippen molar-refractivity contribution in [3.05, 3.63) is 0 Å². The van der Waals surface area contributed by atoms with Gasteiger partial charge in [-0.2, -0.15) is 0 Å². The average Bonchev–Trinajstić information content (AvgIpc) is 2.74. The Bertz CT molecular complexity index is 515. The van der Waals surface area contributed by atoms with Crippen LogP contribution in [0.4, 0.5) is 0 Å². The van der Waals surface area contributed by atoms with Gasteiger partial charge in [-0.25, -0.2) is 0 Å². The lowest BCUT2D eigenvalue weighted by Gasteiger charge is -2.35. The Morgan fingerprint density at radius 3 is 1.91 bits per heavy atom. The summed E-state index contributed by atoms with van der Waals surface area (Å²) >= 11 is 0. The molecule has 0 radical (unpaired) electrons.